The van der Waals surface area contributed by atoms with Gasteiger partial charge in [-0.15, -0.1) is 0 Å². The Hall–Kier alpha value is -7.69. The molecule has 0 radical (unpaired) electrons. The van der Waals surface area contributed by atoms with Gasteiger partial charge in [-0.3, -0.25) is 0 Å². The highest BCUT2D eigenvalue weighted by molar-refractivity contribution is 6.10. The van der Waals surface area contributed by atoms with Gasteiger partial charge in [0.1, 0.15) is 17.3 Å². The van der Waals surface area contributed by atoms with Gasteiger partial charge in [-0.1, -0.05) is 127 Å². The highest BCUT2D eigenvalue weighted by Crippen LogP contribution is 2.63. The number of ether oxygens (including phenoxy) is 1. The van der Waals surface area contributed by atoms with E-state index >= 15 is 0 Å². The number of halogens is 1. The van der Waals surface area contributed by atoms with E-state index in [9.17, 15) is 4.39 Å². The van der Waals surface area contributed by atoms with Crippen LogP contribution in [-0.4, -0.2) is 4.57 Å². The van der Waals surface area contributed by atoms with Crippen LogP contribution in [0.3, 0.4) is 0 Å². The molecule has 1 atom stereocenters. The summed E-state index contributed by atoms with van der Waals surface area (Å²) in [6.45, 7) is 0. The molecular formula is C55H35FN2O. The number of anilines is 3. The molecular weight excluding hydrogens is 724 g/mol. The zero-order chi connectivity index (χ0) is 39.1. The van der Waals surface area contributed by atoms with Crippen molar-refractivity contribution in [3.05, 3.63) is 240 Å². The van der Waals surface area contributed by atoms with E-state index in [-0.39, 0.29) is 5.82 Å². The normalized spacial score (nSPS) is 14.7. The Morgan fingerprint density at radius 1 is 0.407 bits per heavy atom. The van der Waals surface area contributed by atoms with Gasteiger partial charge in [-0.2, -0.15) is 0 Å². The van der Waals surface area contributed by atoms with Crippen LogP contribution in [0, 0.1) is 5.82 Å². The summed E-state index contributed by atoms with van der Waals surface area (Å²) in [5.41, 5.74) is 15.1. The molecule has 12 rings (SSSR count). The Bertz CT molecular complexity index is 3260. The van der Waals surface area contributed by atoms with Gasteiger partial charge in [0.15, 0.2) is 0 Å². The molecule has 9 aromatic carbocycles. The lowest BCUT2D eigenvalue weighted by Crippen LogP contribution is -2.32. The molecule has 1 unspecified atom stereocenters. The smallest absolute Gasteiger partial charge is 0.132 e. The van der Waals surface area contributed by atoms with Crippen molar-refractivity contribution in [3.8, 4) is 39.4 Å². The summed E-state index contributed by atoms with van der Waals surface area (Å²) in [6, 6.07) is 74.1. The number of hydrogen-bond donors (Lipinski definition) is 0. The van der Waals surface area contributed by atoms with Crippen molar-refractivity contribution in [2.24, 2.45) is 0 Å². The van der Waals surface area contributed by atoms with E-state index in [2.05, 4.69) is 198 Å². The molecule has 0 bridgehead atoms. The topological polar surface area (TPSA) is 17.4 Å². The van der Waals surface area contributed by atoms with E-state index in [1.807, 2.05) is 12.1 Å². The Balaban J connectivity index is 1.07. The van der Waals surface area contributed by atoms with E-state index in [0.717, 1.165) is 78.3 Å². The summed E-state index contributed by atoms with van der Waals surface area (Å²) in [4.78, 5) is 2.36. The van der Waals surface area contributed by atoms with Gasteiger partial charge in [0.05, 0.1) is 16.4 Å². The second-order valence-electron chi connectivity index (χ2n) is 15.4. The second kappa shape index (κ2) is 12.9. The highest BCUT2D eigenvalue weighted by atomic mass is 19.1. The van der Waals surface area contributed by atoms with E-state index in [1.54, 1.807) is 0 Å². The van der Waals surface area contributed by atoms with E-state index < -0.39 is 5.41 Å². The maximum absolute atomic E-state index is 14.1. The van der Waals surface area contributed by atoms with Crippen molar-refractivity contribution in [1.82, 2.24) is 4.57 Å². The fraction of sp³-hybridized carbons (Fsp3) is 0.0182. The molecule has 0 N–H and O–H groups in total. The van der Waals surface area contributed by atoms with Crippen LogP contribution in [0.4, 0.5) is 21.5 Å². The molecule has 4 heteroatoms. The average Bonchev–Trinajstić information content (AvgIpc) is 3.77. The fourth-order valence-electron chi connectivity index (χ4n) is 9.84. The van der Waals surface area contributed by atoms with Crippen LogP contribution in [0.1, 0.15) is 22.3 Å². The van der Waals surface area contributed by atoms with E-state index in [0.29, 0.717) is 0 Å². The van der Waals surface area contributed by atoms with Crippen LogP contribution in [0.2, 0.25) is 0 Å². The zero-order valence-corrected chi connectivity index (χ0v) is 31.9. The van der Waals surface area contributed by atoms with Crippen LogP contribution in [0.5, 0.6) is 11.5 Å². The van der Waals surface area contributed by atoms with Gasteiger partial charge in [0.2, 0.25) is 0 Å². The molecule has 2 heterocycles. The van der Waals surface area contributed by atoms with Gasteiger partial charge < -0.3 is 14.2 Å². The van der Waals surface area contributed by atoms with Crippen LogP contribution in [0.15, 0.2) is 212 Å². The SMILES string of the molecule is Fc1ccc(-n2c3ccccc3c3cc(N(c4ccccc4)c4ccc5c(c4)-c4ccccc4C54c5ccccc5Oc5cc(-c6ccccc6)ccc54)ccc32)cc1. The van der Waals surface area contributed by atoms with Crippen LogP contribution >= 0.6 is 0 Å². The summed E-state index contributed by atoms with van der Waals surface area (Å²) in [7, 11) is 0. The molecule has 0 saturated carbocycles. The van der Waals surface area contributed by atoms with Gasteiger partial charge in [-0.05, 0) is 118 Å². The number of fused-ring (bicyclic) bond motifs is 12. The predicted molar refractivity (Wildman–Crippen MR) is 238 cm³/mol. The molecule has 0 saturated heterocycles. The zero-order valence-electron chi connectivity index (χ0n) is 31.9. The van der Waals surface area contributed by atoms with Gasteiger partial charge >= 0.3 is 0 Å². The molecule has 1 spiro atoms. The summed E-state index contributed by atoms with van der Waals surface area (Å²) in [6.07, 6.45) is 0. The summed E-state index contributed by atoms with van der Waals surface area (Å²) >= 11 is 0. The Morgan fingerprint density at radius 2 is 1.03 bits per heavy atom. The number of benzene rings is 9. The average molecular weight is 759 g/mol. The van der Waals surface area contributed by atoms with E-state index in [4.69, 9.17) is 4.74 Å². The number of para-hydroxylation sites is 3. The lowest BCUT2D eigenvalue weighted by Gasteiger charge is -2.39. The molecule has 3 nitrogen and oxygen atoms in total. The third-order valence-electron chi connectivity index (χ3n) is 12.3. The van der Waals surface area contributed by atoms with Gasteiger partial charge in [-0.25, -0.2) is 4.39 Å². The second-order valence-corrected chi connectivity index (χ2v) is 15.4. The van der Waals surface area contributed by atoms with Crippen molar-refractivity contribution in [1.29, 1.82) is 0 Å². The van der Waals surface area contributed by atoms with Crippen LogP contribution in [-0.2, 0) is 5.41 Å². The standard InChI is InChI=1S/C55H35FN2O/c56-38-24-26-40(27-25-38)58-51-21-11-8-18-44(51)46-35-42(29-32-52(46)58)57(39-15-5-2-6-16-39)41-28-31-48-45(34-41)43-17-7-9-19-47(43)55(48)49-20-10-12-22-53(49)59-54-33-37(23-30-50(54)55)36-13-3-1-4-14-36/h1-35H. The maximum Gasteiger partial charge on any atom is 0.132 e. The molecule has 1 aliphatic heterocycles. The number of nitrogens with zero attached hydrogens (tertiary/aromatic N) is 2. The Morgan fingerprint density at radius 3 is 1.88 bits per heavy atom. The first-order valence-corrected chi connectivity index (χ1v) is 20.0. The Labute approximate surface area is 341 Å². The number of hydrogen-bond acceptors (Lipinski definition) is 2. The summed E-state index contributed by atoms with van der Waals surface area (Å²) < 4.78 is 23.1. The lowest BCUT2D eigenvalue weighted by molar-refractivity contribution is 0.436. The quantitative estimate of drug-likeness (QED) is 0.174. The van der Waals surface area contributed by atoms with Crippen molar-refractivity contribution < 1.29 is 9.13 Å². The van der Waals surface area contributed by atoms with Gasteiger partial charge in [0, 0.05) is 44.6 Å². The fourth-order valence-corrected chi connectivity index (χ4v) is 9.84. The van der Waals surface area contributed by atoms with Crippen molar-refractivity contribution in [3.63, 3.8) is 0 Å². The molecule has 1 aromatic heterocycles. The number of rotatable bonds is 5. The molecule has 59 heavy (non-hydrogen) atoms. The van der Waals surface area contributed by atoms with Crippen LogP contribution < -0.4 is 9.64 Å². The first kappa shape index (κ1) is 33.4. The van der Waals surface area contributed by atoms with Crippen molar-refractivity contribution >= 4 is 38.9 Å². The third-order valence-corrected chi connectivity index (χ3v) is 12.3. The highest BCUT2D eigenvalue weighted by Gasteiger charge is 2.51. The lowest BCUT2D eigenvalue weighted by atomic mass is 9.66. The predicted octanol–water partition coefficient (Wildman–Crippen LogP) is 14.5. The minimum atomic E-state index is -0.581. The van der Waals surface area contributed by atoms with E-state index in [1.165, 1.54) is 34.4 Å². The first-order valence-electron chi connectivity index (χ1n) is 20.0. The largest absolute Gasteiger partial charge is 0.457 e. The maximum atomic E-state index is 14.1. The first-order chi connectivity index (χ1) is 29.2. The molecule has 1 aliphatic carbocycles. The minimum absolute atomic E-state index is 0.249. The van der Waals surface area contributed by atoms with Crippen molar-refractivity contribution in [2.45, 2.75) is 5.41 Å². The molecule has 0 fully saturated rings. The Kier molecular flexibility index (Phi) is 7.32. The molecule has 0 amide bonds. The molecule has 2 aliphatic rings. The van der Waals surface area contributed by atoms with Crippen LogP contribution in [0.25, 0.3) is 49.7 Å². The summed E-state index contributed by atoms with van der Waals surface area (Å²) in [5.74, 6) is 1.49. The van der Waals surface area contributed by atoms with Crippen molar-refractivity contribution in [2.75, 3.05) is 4.90 Å². The molecule has 278 valence electrons. The number of aromatic nitrogens is 1. The minimum Gasteiger partial charge on any atom is -0.457 e. The molecule has 10 aromatic rings. The third kappa shape index (κ3) is 4.93. The summed E-state index contributed by atoms with van der Waals surface area (Å²) in [5, 5.41) is 2.26. The monoisotopic (exact) mass is 758 g/mol. The van der Waals surface area contributed by atoms with Gasteiger partial charge in [0.25, 0.3) is 0 Å².